The monoisotopic (exact) mass is 480 g/mol. The summed E-state index contributed by atoms with van der Waals surface area (Å²) in [7, 11) is -2.17. The van der Waals surface area contributed by atoms with Gasteiger partial charge in [0.25, 0.3) is 11.6 Å². The van der Waals surface area contributed by atoms with E-state index in [1.807, 2.05) is 0 Å². The van der Waals surface area contributed by atoms with Gasteiger partial charge in [-0.3, -0.25) is 14.9 Å². The minimum absolute atomic E-state index is 0.0525. The second-order valence-electron chi connectivity index (χ2n) is 7.03. The summed E-state index contributed by atoms with van der Waals surface area (Å²) in [4.78, 5) is 28.1. The quantitative estimate of drug-likeness (QED) is 0.420. The summed E-state index contributed by atoms with van der Waals surface area (Å²) < 4.78 is 29.5. The van der Waals surface area contributed by atoms with Gasteiger partial charge in [0.05, 0.1) is 20.0 Å². The lowest BCUT2D eigenvalue weighted by molar-refractivity contribution is -0.384. The van der Waals surface area contributed by atoms with Crippen molar-refractivity contribution in [2.75, 3.05) is 6.54 Å². The van der Waals surface area contributed by atoms with Crippen LogP contribution < -0.4 is 4.80 Å². The summed E-state index contributed by atoms with van der Waals surface area (Å²) in [5.41, 5.74) is 0.641. The molecule has 0 spiro atoms. The Hall–Kier alpha value is -2.60. The van der Waals surface area contributed by atoms with E-state index in [-0.39, 0.29) is 17.1 Å². The van der Waals surface area contributed by atoms with E-state index >= 15 is 0 Å². The Kier molecular flexibility index (Phi) is 5.69. The first-order chi connectivity index (χ1) is 14.7. The average Bonchev–Trinajstić information content (AvgIpc) is 3.34. The number of nitro benzene ring substituents is 1. The van der Waals surface area contributed by atoms with Crippen molar-refractivity contribution >= 4 is 54.8 Å². The van der Waals surface area contributed by atoms with Gasteiger partial charge in [0.2, 0.25) is 10.0 Å². The van der Waals surface area contributed by atoms with Gasteiger partial charge in [-0.15, -0.1) is 0 Å². The molecule has 0 saturated carbocycles. The average molecular weight is 481 g/mol. The number of fused-ring (bicyclic) bond motifs is 1. The van der Waals surface area contributed by atoms with Crippen LogP contribution in [0.15, 0.2) is 52.4 Å². The van der Waals surface area contributed by atoms with Crippen molar-refractivity contribution in [1.82, 2.24) is 8.87 Å². The molecule has 9 nitrogen and oxygen atoms in total. The number of halogens is 1. The van der Waals surface area contributed by atoms with Crippen LogP contribution in [0.1, 0.15) is 12.8 Å². The topological polar surface area (TPSA) is 115 Å². The summed E-state index contributed by atoms with van der Waals surface area (Å²) in [5, 5.41) is 11.4. The highest BCUT2D eigenvalue weighted by molar-refractivity contribution is 7.89. The number of hydrogen-bond acceptors (Lipinski definition) is 6. The molecule has 0 aliphatic carbocycles. The standard InChI is InChI=1S/C19H17ClN4O5S2/c1-22-15-9-6-13(24(26)27)11-17(15)30-19(22)21-18(25)16-3-2-10-23(16)31(28,29)14-7-4-12(20)5-8-14/h4-9,11,16H,2-3,10H2,1H3. The second-order valence-corrected chi connectivity index (χ2v) is 10.4. The van der Waals surface area contributed by atoms with Crippen molar-refractivity contribution < 1.29 is 18.1 Å². The third-order valence-electron chi connectivity index (χ3n) is 5.12. The van der Waals surface area contributed by atoms with Gasteiger partial charge in [-0.2, -0.15) is 9.30 Å². The zero-order valence-electron chi connectivity index (χ0n) is 16.3. The van der Waals surface area contributed by atoms with Gasteiger partial charge in [0.15, 0.2) is 4.80 Å². The predicted octanol–water partition coefficient (Wildman–Crippen LogP) is 3.08. The number of hydrogen-bond donors (Lipinski definition) is 0. The first kappa shape index (κ1) is 21.6. The number of sulfonamides is 1. The Morgan fingerprint density at radius 3 is 2.65 bits per heavy atom. The molecule has 0 N–H and O–H groups in total. The largest absolute Gasteiger partial charge is 0.319 e. The molecule has 1 aliphatic heterocycles. The first-order valence-corrected chi connectivity index (χ1v) is 11.9. The zero-order valence-corrected chi connectivity index (χ0v) is 18.7. The molecule has 12 heteroatoms. The number of nitro groups is 1. The maximum absolute atomic E-state index is 13.0. The molecular formula is C19H17ClN4O5S2. The maximum atomic E-state index is 13.0. The molecule has 0 bridgehead atoms. The van der Waals surface area contributed by atoms with Crippen LogP contribution in [0.4, 0.5) is 5.69 Å². The number of benzene rings is 2. The fraction of sp³-hybridized carbons (Fsp3) is 0.263. The molecule has 4 rings (SSSR count). The molecule has 1 unspecified atom stereocenters. The molecule has 3 aromatic rings. The number of rotatable bonds is 4. The smallest absolute Gasteiger partial charge is 0.270 e. The SMILES string of the molecule is Cn1c(=NC(=O)C2CCCN2S(=O)(=O)c2ccc(Cl)cc2)sc2cc([N+](=O)[O-])ccc21. The minimum atomic E-state index is -3.88. The van der Waals surface area contributed by atoms with E-state index in [1.165, 1.54) is 40.7 Å². The number of thiazole rings is 1. The molecule has 162 valence electrons. The number of amides is 1. The van der Waals surface area contributed by atoms with Crippen LogP contribution in [0, 0.1) is 10.1 Å². The van der Waals surface area contributed by atoms with Crippen molar-refractivity contribution in [2.24, 2.45) is 12.0 Å². The molecule has 0 radical (unpaired) electrons. The van der Waals surface area contributed by atoms with Crippen LogP contribution in [0.25, 0.3) is 10.2 Å². The molecule has 1 amide bonds. The number of carbonyl (C=O) groups excluding carboxylic acids is 1. The first-order valence-electron chi connectivity index (χ1n) is 9.28. The fourth-order valence-electron chi connectivity index (χ4n) is 3.53. The summed E-state index contributed by atoms with van der Waals surface area (Å²) in [6.45, 7) is 0.224. The molecule has 31 heavy (non-hydrogen) atoms. The van der Waals surface area contributed by atoms with E-state index in [0.29, 0.717) is 32.9 Å². The van der Waals surface area contributed by atoms with E-state index in [9.17, 15) is 23.3 Å². The lowest BCUT2D eigenvalue weighted by atomic mass is 10.2. The number of aromatic nitrogens is 1. The molecule has 1 atom stereocenters. The summed E-state index contributed by atoms with van der Waals surface area (Å²) in [6, 6.07) is 9.31. The molecule has 1 fully saturated rings. The molecule has 1 aliphatic rings. The normalized spacial score (nSPS) is 18.0. The Morgan fingerprint density at radius 1 is 1.26 bits per heavy atom. The van der Waals surface area contributed by atoms with Crippen molar-refractivity contribution in [3.63, 3.8) is 0 Å². The fourth-order valence-corrected chi connectivity index (χ4v) is 6.36. The van der Waals surface area contributed by atoms with Crippen LogP contribution in [-0.4, -0.2) is 40.7 Å². The number of aryl methyl sites for hydroxylation is 1. The van der Waals surface area contributed by atoms with Crippen molar-refractivity contribution in [2.45, 2.75) is 23.8 Å². The molecule has 2 heterocycles. The van der Waals surface area contributed by atoms with E-state index in [1.54, 1.807) is 17.7 Å². The van der Waals surface area contributed by atoms with Crippen LogP contribution in [0.2, 0.25) is 5.02 Å². The third-order valence-corrected chi connectivity index (χ3v) is 8.39. The maximum Gasteiger partial charge on any atom is 0.270 e. The molecular weight excluding hydrogens is 464 g/mol. The van der Waals surface area contributed by atoms with Gasteiger partial charge in [0, 0.05) is 30.7 Å². The number of non-ortho nitro benzene ring substituents is 1. The molecule has 2 aromatic carbocycles. The van der Waals surface area contributed by atoms with Crippen molar-refractivity contribution in [1.29, 1.82) is 0 Å². The van der Waals surface area contributed by atoms with Crippen LogP contribution >= 0.6 is 22.9 Å². The van der Waals surface area contributed by atoms with Crippen molar-refractivity contribution in [3.8, 4) is 0 Å². The Balaban J connectivity index is 1.69. The van der Waals surface area contributed by atoms with Gasteiger partial charge < -0.3 is 4.57 Å². The summed E-state index contributed by atoms with van der Waals surface area (Å²) in [6.07, 6.45) is 0.915. The highest BCUT2D eigenvalue weighted by Crippen LogP contribution is 2.28. The van der Waals surface area contributed by atoms with E-state index in [0.717, 1.165) is 11.3 Å². The molecule has 1 aromatic heterocycles. The van der Waals surface area contributed by atoms with Crippen LogP contribution in [-0.2, 0) is 21.9 Å². The van der Waals surface area contributed by atoms with Gasteiger partial charge in [0.1, 0.15) is 6.04 Å². The third kappa shape index (κ3) is 4.01. The molecule has 1 saturated heterocycles. The summed E-state index contributed by atoms with van der Waals surface area (Å²) >= 11 is 6.99. The Labute approximate surface area is 186 Å². The highest BCUT2D eigenvalue weighted by Gasteiger charge is 2.39. The van der Waals surface area contributed by atoms with Gasteiger partial charge >= 0.3 is 0 Å². The van der Waals surface area contributed by atoms with E-state index in [2.05, 4.69) is 4.99 Å². The zero-order chi connectivity index (χ0) is 22.3. The number of nitrogens with zero attached hydrogens (tertiary/aromatic N) is 4. The second kappa shape index (κ2) is 8.15. The summed E-state index contributed by atoms with van der Waals surface area (Å²) in [5.74, 6) is -0.563. The lowest BCUT2D eigenvalue weighted by Crippen LogP contribution is -2.40. The van der Waals surface area contributed by atoms with E-state index in [4.69, 9.17) is 11.6 Å². The van der Waals surface area contributed by atoms with Crippen LogP contribution in [0.5, 0.6) is 0 Å². The van der Waals surface area contributed by atoms with Gasteiger partial charge in [-0.25, -0.2) is 8.42 Å². The van der Waals surface area contributed by atoms with Gasteiger partial charge in [-0.05, 0) is 43.2 Å². The number of carbonyl (C=O) groups is 1. The Bertz CT molecular complexity index is 1360. The predicted molar refractivity (Wildman–Crippen MR) is 116 cm³/mol. The van der Waals surface area contributed by atoms with Crippen LogP contribution in [0.3, 0.4) is 0 Å². The van der Waals surface area contributed by atoms with Gasteiger partial charge in [-0.1, -0.05) is 22.9 Å². The highest BCUT2D eigenvalue weighted by atomic mass is 35.5. The van der Waals surface area contributed by atoms with E-state index < -0.39 is 26.9 Å². The Morgan fingerprint density at radius 2 is 1.97 bits per heavy atom. The van der Waals surface area contributed by atoms with Crippen molar-refractivity contribution in [3.05, 3.63) is 62.4 Å². The lowest BCUT2D eigenvalue weighted by Gasteiger charge is -2.21. The minimum Gasteiger partial charge on any atom is -0.319 e.